The Balaban J connectivity index is 2.18. The molecule has 1 amide bonds. The lowest BCUT2D eigenvalue weighted by atomic mass is 9.83. The van der Waals surface area contributed by atoms with Gasteiger partial charge >= 0.3 is 6.09 Å². The first kappa shape index (κ1) is 13.9. The van der Waals surface area contributed by atoms with E-state index < -0.39 is 0 Å². The van der Waals surface area contributed by atoms with E-state index >= 15 is 0 Å². The molecule has 0 aliphatic carbocycles. The zero-order valence-corrected chi connectivity index (χ0v) is 11.8. The minimum Gasteiger partial charge on any atom is -0.441 e. The number of hydrogen-bond acceptors (Lipinski definition) is 2. The number of benzene rings is 1. The number of nitrogens with one attached hydrogen (secondary N) is 1. The van der Waals surface area contributed by atoms with Crippen LogP contribution in [0.15, 0.2) is 30.3 Å². The van der Waals surface area contributed by atoms with Crippen LogP contribution in [-0.4, -0.2) is 12.1 Å². The van der Waals surface area contributed by atoms with Crippen molar-refractivity contribution < 1.29 is 9.53 Å². The Morgan fingerprint density at radius 3 is 2.58 bits per heavy atom. The highest BCUT2D eigenvalue weighted by Crippen LogP contribution is 2.35. The van der Waals surface area contributed by atoms with Crippen molar-refractivity contribution in [3.8, 4) is 0 Å². The summed E-state index contributed by atoms with van der Waals surface area (Å²) >= 11 is 0. The summed E-state index contributed by atoms with van der Waals surface area (Å²) in [6.45, 7) is 4.34. The van der Waals surface area contributed by atoms with Gasteiger partial charge in [-0.25, -0.2) is 4.79 Å². The van der Waals surface area contributed by atoms with Gasteiger partial charge in [-0.15, -0.1) is 0 Å². The van der Waals surface area contributed by atoms with Crippen LogP contribution >= 0.6 is 0 Å². The maximum Gasteiger partial charge on any atom is 0.407 e. The first-order valence-electron chi connectivity index (χ1n) is 7.28. The third-order valence-electron chi connectivity index (χ3n) is 3.91. The molecule has 3 heteroatoms. The molecule has 1 fully saturated rings. The molecule has 3 atom stereocenters. The maximum atomic E-state index is 11.7. The molecule has 0 aromatic heterocycles. The fourth-order valence-electron chi connectivity index (χ4n) is 2.87. The summed E-state index contributed by atoms with van der Waals surface area (Å²) in [5.41, 5.74) is 1.10. The largest absolute Gasteiger partial charge is 0.441 e. The van der Waals surface area contributed by atoms with E-state index in [2.05, 4.69) is 19.2 Å². The zero-order chi connectivity index (χ0) is 13.7. The van der Waals surface area contributed by atoms with Crippen LogP contribution < -0.4 is 5.32 Å². The van der Waals surface area contributed by atoms with Crippen molar-refractivity contribution in [1.29, 1.82) is 0 Å². The number of hydrogen-bond donors (Lipinski definition) is 1. The quantitative estimate of drug-likeness (QED) is 0.868. The molecule has 104 valence electrons. The van der Waals surface area contributed by atoms with Crippen molar-refractivity contribution in [3.05, 3.63) is 35.9 Å². The van der Waals surface area contributed by atoms with E-state index in [4.69, 9.17) is 4.74 Å². The molecule has 1 heterocycles. The molecule has 1 aromatic rings. The average molecular weight is 261 g/mol. The van der Waals surface area contributed by atoms with Gasteiger partial charge in [0, 0.05) is 12.0 Å². The number of amides is 1. The average Bonchev–Trinajstić information content (AvgIpc) is 2.45. The molecule has 3 nitrogen and oxygen atoms in total. The third kappa shape index (κ3) is 3.28. The molecular formula is C16H23NO2. The molecule has 0 bridgehead atoms. The van der Waals surface area contributed by atoms with Crippen LogP contribution in [0.25, 0.3) is 0 Å². The van der Waals surface area contributed by atoms with Crippen molar-refractivity contribution in [2.75, 3.05) is 0 Å². The second kappa shape index (κ2) is 6.60. The lowest BCUT2D eigenvalue weighted by Crippen LogP contribution is -2.49. The summed E-state index contributed by atoms with van der Waals surface area (Å²) in [5, 5.41) is 2.99. The van der Waals surface area contributed by atoms with Gasteiger partial charge in [0.25, 0.3) is 0 Å². The molecule has 0 unspecified atom stereocenters. The van der Waals surface area contributed by atoms with Gasteiger partial charge in [-0.05, 0) is 18.4 Å². The van der Waals surface area contributed by atoms with Crippen LogP contribution in [0.3, 0.4) is 0 Å². The summed E-state index contributed by atoms with van der Waals surface area (Å²) in [6, 6.07) is 10.3. The van der Waals surface area contributed by atoms with E-state index in [0.717, 1.165) is 31.2 Å². The van der Waals surface area contributed by atoms with Crippen LogP contribution in [0.4, 0.5) is 4.79 Å². The maximum absolute atomic E-state index is 11.7. The highest BCUT2D eigenvalue weighted by Gasteiger charge is 2.37. The van der Waals surface area contributed by atoms with Crippen molar-refractivity contribution in [2.24, 2.45) is 5.92 Å². The van der Waals surface area contributed by atoms with Gasteiger partial charge in [-0.2, -0.15) is 0 Å². The first-order valence-corrected chi connectivity index (χ1v) is 7.28. The minimum atomic E-state index is -0.278. The predicted octanol–water partition coefficient (Wildman–Crippen LogP) is 4.05. The van der Waals surface area contributed by atoms with E-state index in [1.807, 2.05) is 30.3 Å². The number of carbonyl (C=O) groups excluding carboxylic acids is 1. The Kier molecular flexibility index (Phi) is 4.83. The SMILES string of the molecule is CCCC[C@H]1NC(=O)O[C@@H](c2ccccc2)[C@H]1CC. The summed E-state index contributed by atoms with van der Waals surface area (Å²) in [4.78, 5) is 11.7. The molecule has 0 radical (unpaired) electrons. The second-order valence-corrected chi connectivity index (χ2v) is 5.20. The standard InChI is InChI=1S/C16H23NO2/c1-3-5-11-14-13(4-2)15(19-16(18)17-14)12-9-7-6-8-10-12/h6-10,13-15H,3-5,11H2,1-2H3,(H,17,18)/t13-,14+,15-/m0/s1. The highest BCUT2D eigenvalue weighted by atomic mass is 16.6. The monoisotopic (exact) mass is 261 g/mol. The van der Waals surface area contributed by atoms with Crippen molar-refractivity contribution in [1.82, 2.24) is 5.32 Å². The van der Waals surface area contributed by atoms with E-state index in [1.165, 1.54) is 0 Å². The van der Waals surface area contributed by atoms with Gasteiger partial charge in [0.05, 0.1) is 0 Å². The van der Waals surface area contributed by atoms with E-state index in [0.29, 0.717) is 5.92 Å². The Hall–Kier alpha value is -1.51. The Morgan fingerprint density at radius 1 is 1.21 bits per heavy atom. The molecule has 1 aromatic carbocycles. The second-order valence-electron chi connectivity index (χ2n) is 5.20. The molecule has 1 aliphatic rings. The molecule has 0 spiro atoms. The summed E-state index contributed by atoms with van der Waals surface area (Å²) in [6.07, 6.45) is 3.95. The molecule has 2 rings (SSSR count). The fraction of sp³-hybridized carbons (Fsp3) is 0.562. The van der Waals surface area contributed by atoms with Crippen molar-refractivity contribution >= 4 is 6.09 Å². The normalized spacial score (nSPS) is 26.6. The van der Waals surface area contributed by atoms with Crippen LogP contribution in [0, 0.1) is 5.92 Å². The minimum absolute atomic E-state index is 0.109. The number of cyclic esters (lactones) is 1. The van der Waals surface area contributed by atoms with Crippen molar-refractivity contribution in [3.63, 3.8) is 0 Å². The van der Waals surface area contributed by atoms with E-state index in [1.54, 1.807) is 0 Å². The Labute approximate surface area is 115 Å². The number of unbranched alkanes of at least 4 members (excludes halogenated alkanes) is 1. The molecular weight excluding hydrogens is 238 g/mol. The fourth-order valence-corrected chi connectivity index (χ4v) is 2.87. The highest BCUT2D eigenvalue weighted by molar-refractivity contribution is 5.69. The zero-order valence-electron chi connectivity index (χ0n) is 11.8. The third-order valence-corrected chi connectivity index (χ3v) is 3.91. The van der Waals surface area contributed by atoms with Crippen molar-refractivity contribution in [2.45, 2.75) is 51.7 Å². The Bertz CT molecular complexity index is 404. The summed E-state index contributed by atoms with van der Waals surface area (Å²) < 4.78 is 5.54. The van der Waals surface area contributed by atoms with Crippen LogP contribution in [-0.2, 0) is 4.74 Å². The van der Waals surface area contributed by atoms with Gasteiger partial charge in [-0.3, -0.25) is 0 Å². The van der Waals surface area contributed by atoms with Gasteiger partial charge < -0.3 is 10.1 Å². The van der Waals surface area contributed by atoms with Gasteiger partial charge in [0.15, 0.2) is 0 Å². The number of rotatable bonds is 5. The number of ether oxygens (including phenoxy) is 1. The lowest BCUT2D eigenvalue weighted by Gasteiger charge is -2.38. The topological polar surface area (TPSA) is 38.3 Å². The van der Waals surface area contributed by atoms with Gasteiger partial charge in [0.1, 0.15) is 6.10 Å². The van der Waals surface area contributed by atoms with Gasteiger partial charge in [-0.1, -0.05) is 57.0 Å². The first-order chi connectivity index (χ1) is 9.26. The molecule has 1 aliphatic heterocycles. The number of alkyl carbamates (subject to hydrolysis) is 1. The van der Waals surface area contributed by atoms with Gasteiger partial charge in [0.2, 0.25) is 0 Å². The van der Waals surface area contributed by atoms with E-state index in [9.17, 15) is 4.79 Å². The molecule has 19 heavy (non-hydrogen) atoms. The summed E-state index contributed by atoms with van der Waals surface area (Å²) in [5.74, 6) is 0.353. The molecule has 0 saturated carbocycles. The molecule has 1 N–H and O–H groups in total. The van der Waals surface area contributed by atoms with E-state index in [-0.39, 0.29) is 18.2 Å². The lowest BCUT2D eigenvalue weighted by molar-refractivity contribution is 0.0105. The Morgan fingerprint density at radius 2 is 1.95 bits per heavy atom. The van der Waals surface area contributed by atoms with Crippen LogP contribution in [0.5, 0.6) is 0 Å². The number of carbonyl (C=O) groups is 1. The van der Waals surface area contributed by atoms with Crippen LogP contribution in [0.2, 0.25) is 0 Å². The predicted molar refractivity (Wildman–Crippen MR) is 75.9 cm³/mol. The summed E-state index contributed by atoms with van der Waals surface area (Å²) in [7, 11) is 0. The smallest absolute Gasteiger partial charge is 0.407 e. The van der Waals surface area contributed by atoms with Crippen LogP contribution in [0.1, 0.15) is 51.2 Å². The molecule has 1 saturated heterocycles.